The molecule has 4 aromatic carbocycles. The van der Waals surface area contributed by atoms with Gasteiger partial charge in [0, 0.05) is 19.6 Å². The first-order valence-corrected chi connectivity index (χ1v) is 16.0. The number of hydrogen-bond donors (Lipinski definition) is 1. The first kappa shape index (κ1) is 31.5. The summed E-state index contributed by atoms with van der Waals surface area (Å²) in [5.74, 6) is -0.162. The van der Waals surface area contributed by atoms with Gasteiger partial charge in [-0.3, -0.25) is 4.90 Å². The maximum Gasteiger partial charge on any atom is 0.333 e. The van der Waals surface area contributed by atoms with Crippen LogP contribution in [0, 0.1) is 0 Å². The molecule has 44 heavy (non-hydrogen) atoms. The minimum atomic E-state index is -0.939. The second-order valence-electron chi connectivity index (χ2n) is 11.8. The van der Waals surface area contributed by atoms with Crippen molar-refractivity contribution in [3.05, 3.63) is 124 Å². The van der Waals surface area contributed by atoms with Gasteiger partial charge in [0.1, 0.15) is 12.4 Å². The van der Waals surface area contributed by atoms with Crippen LogP contribution in [-0.2, 0) is 35.2 Å². The van der Waals surface area contributed by atoms with Crippen molar-refractivity contribution in [2.24, 2.45) is 0 Å². The first-order chi connectivity index (χ1) is 21.5. The molecule has 0 saturated heterocycles. The fourth-order valence-corrected chi connectivity index (χ4v) is 6.28. The van der Waals surface area contributed by atoms with E-state index in [4.69, 9.17) is 9.47 Å². The molecule has 4 aromatic rings. The van der Waals surface area contributed by atoms with E-state index in [1.165, 1.54) is 51.8 Å². The van der Waals surface area contributed by atoms with Gasteiger partial charge in [-0.1, -0.05) is 92.2 Å². The van der Waals surface area contributed by atoms with Crippen LogP contribution in [0.3, 0.4) is 0 Å². The van der Waals surface area contributed by atoms with Crippen molar-refractivity contribution in [1.29, 1.82) is 0 Å². The molecule has 2 atom stereocenters. The van der Waals surface area contributed by atoms with E-state index < -0.39 is 12.1 Å². The van der Waals surface area contributed by atoms with Crippen LogP contribution in [0.15, 0.2) is 91.0 Å². The van der Waals surface area contributed by atoms with E-state index in [0.717, 1.165) is 37.1 Å². The van der Waals surface area contributed by atoms with Gasteiger partial charge in [-0.05, 0) is 96.3 Å². The number of carbonyl (C=O) groups is 1. The zero-order valence-electron chi connectivity index (χ0n) is 26.3. The molecule has 0 radical (unpaired) electrons. The van der Waals surface area contributed by atoms with E-state index >= 15 is 0 Å². The molecule has 5 heteroatoms. The smallest absolute Gasteiger partial charge is 0.333 e. The monoisotopic (exact) mass is 591 g/mol. The lowest BCUT2D eigenvalue weighted by Gasteiger charge is -2.31. The Morgan fingerprint density at radius 3 is 2.23 bits per heavy atom. The Balaban J connectivity index is 1.33. The SMILES string of the molecule is CCCCc1ccc2c(c1)CCc1cc(-c3ccccc3)ccc1C2N(C)CCOc1ccc(CC(OCC)C(=O)O)cc1. The van der Waals surface area contributed by atoms with Crippen LogP contribution in [0.2, 0.25) is 0 Å². The molecule has 1 aliphatic carbocycles. The van der Waals surface area contributed by atoms with Gasteiger partial charge in [-0.25, -0.2) is 4.79 Å². The number of unbranched alkanes of at least 4 members (excludes halogenated alkanes) is 1. The minimum Gasteiger partial charge on any atom is -0.492 e. The van der Waals surface area contributed by atoms with Crippen molar-refractivity contribution >= 4 is 5.97 Å². The molecule has 0 spiro atoms. The number of likely N-dealkylation sites (N-methyl/N-ethyl adjacent to an activating group) is 1. The molecule has 0 aromatic heterocycles. The molecular formula is C39H45NO4. The summed E-state index contributed by atoms with van der Waals surface area (Å²) >= 11 is 0. The predicted molar refractivity (Wildman–Crippen MR) is 178 cm³/mol. The second-order valence-corrected chi connectivity index (χ2v) is 11.8. The Kier molecular flexibility index (Phi) is 10.9. The van der Waals surface area contributed by atoms with Crippen molar-refractivity contribution in [3.63, 3.8) is 0 Å². The van der Waals surface area contributed by atoms with Crippen LogP contribution in [0.5, 0.6) is 5.75 Å². The maximum absolute atomic E-state index is 11.5. The van der Waals surface area contributed by atoms with E-state index in [0.29, 0.717) is 19.6 Å². The summed E-state index contributed by atoms with van der Waals surface area (Å²) in [4.78, 5) is 13.9. The standard InChI is InChI=1S/C39H45NO4/c1-4-6-10-28-15-21-35-32(25-28)16-17-33-27-31(30-11-8-7-9-12-30)18-22-36(33)38(35)40(3)23-24-44-34-19-13-29(14-20-34)26-37(39(41)42)43-5-2/h7-9,11-15,18-22,25,27,37-38H,4-6,10,16-17,23-24,26H2,1-3H3,(H,41,42). The van der Waals surface area contributed by atoms with Gasteiger partial charge >= 0.3 is 5.97 Å². The summed E-state index contributed by atoms with van der Waals surface area (Å²) in [5.41, 5.74) is 10.5. The van der Waals surface area contributed by atoms with E-state index in [1.807, 2.05) is 31.2 Å². The fraction of sp³-hybridized carbons (Fsp3) is 0.359. The Morgan fingerprint density at radius 2 is 1.55 bits per heavy atom. The molecule has 230 valence electrons. The first-order valence-electron chi connectivity index (χ1n) is 16.0. The van der Waals surface area contributed by atoms with Crippen LogP contribution in [-0.4, -0.2) is 48.9 Å². The molecule has 5 nitrogen and oxygen atoms in total. The van der Waals surface area contributed by atoms with E-state index in [9.17, 15) is 9.90 Å². The zero-order chi connectivity index (χ0) is 30.9. The van der Waals surface area contributed by atoms with Gasteiger partial charge in [0.05, 0.1) is 6.04 Å². The largest absolute Gasteiger partial charge is 0.492 e. The number of ether oxygens (including phenoxy) is 2. The Morgan fingerprint density at radius 1 is 0.864 bits per heavy atom. The molecule has 0 fully saturated rings. The number of aliphatic carboxylic acids is 1. The van der Waals surface area contributed by atoms with E-state index in [-0.39, 0.29) is 6.04 Å². The third-order valence-corrected chi connectivity index (χ3v) is 8.67. The second kappa shape index (κ2) is 15.2. The number of benzene rings is 4. The van der Waals surface area contributed by atoms with Gasteiger partial charge in [-0.15, -0.1) is 0 Å². The molecule has 1 aliphatic rings. The lowest BCUT2D eigenvalue weighted by atomic mass is 9.90. The van der Waals surface area contributed by atoms with Crippen LogP contribution < -0.4 is 4.74 Å². The highest BCUT2D eigenvalue weighted by Gasteiger charge is 2.27. The number of carboxylic acid groups (broad SMARTS) is 1. The van der Waals surface area contributed by atoms with Crippen LogP contribution >= 0.6 is 0 Å². The molecule has 0 aliphatic heterocycles. The topological polar surface area (TPSA) is 59.0 Å². The zero-order valence-corrected chi connectivity index (χ0v) is 26.3. The summed E-state index contributed by atoms with van der Waals surface area (Å²) in [7, 11) is 2.20. The van der Waals surface area contributed by atoms with Crippen molar-refractivity contribution in [1.82, 2.24) is 4.90 Å². The fourth-order valence-electron chi connectivity index (χ4n) is 6.28. The maximum atomic E-state index is 11.5. The van der Waals surface area contributed by atoms with Crippen LogP contribution in [0.4, 0.5) is 0 Å². The lowest BCUT2D eigenvalue weighted by Crippen LogP contribution is -2.30. The van der Waals surface area contributed by atoms with Crippen molar-refractivity contribution in [3.8, 4) is 16.9 Å². The number of carboxylic acids is 1. The van der Waals surface area contributed by atoms with Crippen molar-refractivity contribution in [2.45, 2.75) is 64.5 Å². The number of nitrogens with zero attached hydrogens (tertiary/aromatic N) is 1. The summed E-state index contributed by atoms with van der Waals surface area (Å²) in [6, 6.07) is 32.6. The Labute approximate surface area is 262 Å². The van der Waals surface area contributed by atoms with Gasteiger partial charge in [-0.2, -0.15) is 0 Å². The third kappa shape index (κ3) is 7.77. The highest BCUT2D eigenvalue weighted by molar-refractivity contribution is 5.72. The van der Waals surface area contributed by atoms with E-state index in [1.54, 1.807) is 0 Å². The number of rotatable bonds is 14. The number of hydrogen-bond acceptors (Lipinski definition) is 4. The Hall–Kier alpha value is -3.93. The summed E-state index contributed by atoms with van der Waals surface area (Å²) in [6.45, 7) is 5.74. The third-order valence-electron chi connectivity index (χ3n) is 8.67. The highest BCUT2D eigenvalue weighted by Crippen LogP contribution is 2.38. The molecule has 1 N–H and O–H groups in total. The van der Waals surface area contributed by atoms with E-state index in [2.05, 4.69) is 85.6 Å². The van der Waals surface area contributed by atoms with Gasteiger partial charge < -0.3 is 14.6 Å². The normalized spacial score (nSPS) is 14.9. The van der Waals surface area contributed by atoms with Gasteiger partial charge in [0.2, 0.25) is 0 Å². The predicted octanol–water partition coefficient (Wildman–Crippen LogP) is 7.93. The Bertz CT molecular complexity index is 1520. The molecular weight excluding hydrogens is 546 g/mol. The van der Waals surface area contributed by atoms with Crippen LogP contribution in [0.1, 0.15) is 66.1 Å². The summed E-state index contributed by atoms with van der Waals surface area (Å²) in [5, 5.41) is 9.40. The molecule has 0 saturated carbocycles. The minimum absolute atomic E-state index is 0.144. The number of fused-ring (bicyclic) bond motifs is 2. The molecule has 5 rings (SSSR count). The summed E-state index contributed by atoms with van der Waals surface area (Å²) < 4.78 is 11.5. The molecule has 0 amide bonds. The average Bonchev–Trinajstić information content (AvgIpc) is 3.21. The van der Waals surface area contributed by atoms with Crippen molar-refractivity contribution < 1.29 is 19.4 Å². The molecule has 2 unspecified atom stereocenters. The summed E-state index contributed by atoms with van der Waals surface area (Å²) in [6.07, 6.45) is 5.11. The van der Waals surface area contributed by atoms with Crippen LogP contribution in [0.25, 0.3) is 11.1 Å². The van der Waals surface area contributed by atoms with Crippen molar-refractivity contribution in [2.75, 3.05) is 26.8 Å². The lowest BCUT2D eigenvalue weighted by molar-refractivity contribution is -0.149. The quantitative estimate of drug-likeness (QED) is 0.161. The molecule has 0 bridgehead atoms. The van der Waals surface area contributed by atoms with Gasteiger partial charge in [0.25, 0.3) is 0 Å². The molecule has 0 heterocycles. The number of aryl methyl sites for hydroxylation is 3. The highest BCUT2D eigenvalue weighted by atomic mass is 16.5. The average molecular weight is 592 g/mol. The van der Waals surface area contributed by atoms with Gasteiger partial charge in [0.15, 0.2) is 6.10 Å².